The Morgan fingerprint density at radius 1 is 0.938 bits per heavy atom. The first-order valence-electron chi connectivity index (χ1n) is 10.2. The number of hydrogen-bond donors (Lipinski definition) is 1. The lowest BCUT2D eigenvalue weighted by molar-refractivity contribution is -0.131. The Balaban J connectivity index is 1.66. The minimum atomic E-state index is -3.69. The van der Waals surface area contributed by atoms with E-state index in [-0.39, 0.29) is 11.4 Å². The van der Waals surface area contributed by atoms with Crippen LogP contribution in [0.15, 0.2) is 89.8 Å². The third-order valence-electron chi connectivity index (χ3n) is 4.82. The fourth-order valence-corrected chi connectivity index (χ4v) is 4.51. The summed E-state index contributed by atoms with van der Waals surface area (Å²) in [5.41, 5.74) is 2.54. The zero-order valence-electron chi connectivity index (χ0n) is 17.7. The van der Waals surface area contributed by atoms with Crippen LogP contribution >= 0.6 is 0 Å². The summed E-state index contributed by atoms with van der Waals surface area (Å²) >= 11 is 0. The molecule has 32 heavy (non-hydrogen) atoms. The van der Waals surface area contributed by atoms with E-state index in [1.54, 1.807) is 19.1 Å². The summed E-state index contributed by atoms with van der Waals surface area (Å²) in [6.07, 6.45) is 2.42. The molecule has 0 unspecified atom stereocenters. The normalized spacial score (nSPS) is 11.7. The minimum Gasteiger partial charge on any atom is -0.489 e. The maximum atomic E-state index is 13.1. The fourth-order valence-electron chi connectivity index (χ4n) is 3.07. The van der Waals surface area contributed by atoms with Crippen molar-refractivity contribution in [2.45, 2.75) is 25.0 Å². The topological polar surface area (TPSA) is 83.9 Å². The molecule has 0 amide bonds. The number of nitrogens with zero attached hydrogens (tertiary/aromatic N) is 1. The molecular formula is C25H25NO5S. The van der Waals surface area contributed by atoms with E-state index in [9.17, 15) is 13.2 Å². The van der Waals surface area contributed by atoms with E-state index >= 15 is 0 Å². The third kappa shape index (κ3) is 6.29. The largest absolute Gasteiger partial charge is 0.489 e. The molecule has 166 valence electrons. The number of sulfonamides is 1. The highest BCUT2D eigenvalue weighted by Crippen LogP contribution is 2.21. The number of carbonyl (C=O) groups is 1. The fraction of sp³-hybridized carbons (Fsp3) is 0.160. The van der Waals surface area contributed by atoms with Gasteiger partial charge in [-0.05, 0) is 47.0 Å². The van der Waals surface area contributed by atoms with Gasteiger partial charge in [0, 0.05) is 19.2 Å². The Bertz CT molecular complexity index is 1160. The second-order valence-electron chi connectivity index (χ2n) is 7.09. The molecule has 6 nitrogen and oxygen atoms in total. The van der Waals surface area contributed by atoms with E-state index in [1.807, 2.05) is 54.6 Å². The van der Waals surface area contributed by atoms with Crippen molar-refractivity contribution in [3.05, 3.63) is 102 Å². The maximum Gasteiger partial charge on any atom is 0.328 e. The van der Waals surface area contributed by atoms with Gasteiger partial charge in [-0.1, -0.05) is 61.5 Å². The van der Waals surface area contributed by atoms with Gasteiger partial charge in [0.1, 0.15) is 12.4 Å². The predicted octanol–water partition coefficient (Wildman–Crippen LogP) is 4.57. The van der Waals surface area contributed by atoms with Gasteiger partial charge in [-0.2, -0.15) is 4.31 Å². The molecule has 0 aliphatic rings. The van der Waals surface area contributed by atoms with Gasteiger partial charge < -0.3 is 9.84 Å². The van der Waals surface area contributed by atoms with Gasteiger partial charge in [-0.25, -0.2) is 13.2 Å². The van der Waals surface area contributed by atoms with E-state index in [0.717, 1.165) is 17.2 Å². The standard InChI is InChI=1S/C25H25NO5S/c1-2-26(32(29,30)24-15-10-20(11-16-24)12-17-25(27)28)18-21-8-13-23(14-9-21)31-19-22-6-4-3-5-7-22/h3-17H,2,18-19H2,1H3,(H,27,28)/b17-12+. The molecule has 0 radical (unpaired) electrons. The molecule has 3 rings (SSSR count). The van der Waals surface area contributed by atoms with Crippen LogP contribution in [0.25, 0.3) is 6.08 Å². The summed E-state index contributed by atoms with van der Waals surface area (Å²) < 4.78 is 33.3. The highest BCUT2D eigenvalue weighted by molar-refractivity contribution is 7.89. The molecule has 0 aromatic heterocycles. The molecule has 0 fully saturated rings. The molecule has 3 aromatic rings. The van der Waals surface area contributed by atoms with Crippen LogP contribution in [0.5, 0.6) is 5.75 Å². The van der Waals surface area contributed by atoms with Gasteiger partial charge in [0.05, 0.1) is 4.90 Å². The number of benzene rings is 3. The Morgan fingerprint density at radius 3 is 2.19 bits per heavy atom. The lowest BCUT2D eigenvalue weighted by atomic mass is 10.2. The number of carboxylic acid groups (broad SMARTS) is 1. The summed E-state index contributed by atoms with van der Waals surface area (Å²) in [6.45, 7) is 2.81. The Hall–Kier alpha value is -3.42. The van der Waals surface area contributed by atoms with Crippen LogP contribution in [-0.2, 0) is 28.0 Å². The highest BCUT2D eigenvalue weighted by atomic mass is 32.2. The minimum absolute atomic E-state index is 0.162. The summed E-state index contributed by atoms with van der Waals surface area (Å²) in [4.78, 5) is 10.8. The molecule has 0 atom stereocenters. The number of carboxylic acids is 1. The first-order chi connectivity index (χ1) is 15.4. The molecule has 0 spiro atoms. The van der Waals surface area contributed by atoms with Gasteiger partial charge in [0.25, 0.3) is 0 Å². The highest BCUT2D eigenvalue weighted by Gasteiger charge is 2.23. The van der Waals surface area contributed by atoms with Crippen LogP contribution < -0.4 is 4.74 Å². The van der Waals surface area contributed by atoms with E-state index in [4.69, 9.17) is 9.84 Å². The molecule has 7 heteroatoms. The van der Waals surface area contributed by atoms with Crippen molar-refractivity contribution in [2.24, 2.45) is 0 Å². The Morgan fingerprint density at radius 2 is 1.59 bits per heavy atom. The monoisotopic (exact) mass is 451 g/mol. The summed E-state index contributed by atoms with van der Waals surface area (Å²) in [6, 6.07) is 23.4. The van der Waals surface area contributed by atoms with Crippen LogP contribution in [0.3, 0.4) is 0 Å². The van der Waals surface area contributed by atoms with Crippen molar-refractivity contribution in [2.75, 3.05) is 6.54 Å². The van der Waals surface area contributed by atoms with Crippen molar-refractivity contribution < 1.29 is 23.1 Å². The molecule has 0 aliphatic heterocycles. The van der Waals surface area contributed by atoms with E-state index < -0.39 is 16.0 Å². The first kappa shape index (κ1) is 23.2. The van der Waals surface area contributed by atoms with E-state index in [1.165, 1.54) is 22.5 Å². The van der Waals surface area contributed by atoms with E-state index in [0.29, 0.717) is 24.5 Å². The summed E-state index contributed by atoms with van der Waals surface area (Å²) in [5, 5.41) is 8.71. The lowest BCUT2D eigenvalue weighted by Crippen LogP contribution is -2.30. The first-order valence-corrected chi connectivity index (χ1v) is 11.6. The zero-order chi connectivity index (χ0) is 23.0. The van der Waals surface area contributed by atoms with Gasteiger partial charge in [-0.15, -0.1) is 0 Å². The molecule has 0 heterocycles. The second-order valence-corrected chi connectivity index (χ2v) is 9.03. The summed E-state index contributed by atoms with van der Waals surface area (Å²) in [7, 11) is -3.69. The van der Waals surface area contributed by atoms with Gasteiger partial charge in [0.2, 0.25) is 10.0 Å². The van der Waals surface area contributed by atoms with Crippen LogP contribution in [-0.4, -0.2) is 30.3 Å². The number of ether oxygens (including phenoxy) is 1. The van der Waals surface area contributed by atoms with Gasteiger partial charge >= 0.3 is 5.97 Å². The van der Waals surface area contributed by atoms with Crippen molar-refractivity contribution in [1.82, 2.24) is 4.31 Å². The molecule has 0 saturated heterocycles. The second kappa shape index (κ2) is 10.7. The quantitative estimate of drug-likeness (QED) is 0.457. The average Bonchev–Trinajstić information content (AvgIpc) is 2.81. The number of hydrogen-bond acceptors (Lipinski definition) is 4. The van der Waals surface area contributed by atoms with Crippen molar-refractivity contribution in [1.29, 1.82) is 0 Å². The van der Waals surface area contributed by atoms with Crippen LogP contribution in [0, 0.1) is 0 Å². The molecule has 1 N–H and O–H groups in total. The number of rotatable bonds is 10. The number of aliphatic carboxylic acids is 1. The zero-order valence-corrected chi connectivity index (χ0v) is 18.5. The smallest absolute Gasteiger partial charge is 0.328 e. The average molecular weight is 452 g/mol. The van der Waals surface area contributed by atoms with Crippen LogP contribution in [0.4, 0.5) is 0 Å². The molecular weight excluding hydrogens is 426 g/mol. The van der Waals surface area contributed by atoms with Gasteiger partial charge in [0.15, 0.2) is 0 Å². The van der Waals surface area contributed by atoms with Crippen molar-refractivity contribution >= 4 is 22.1 Å². The Kier molecular flexibility index (Phi) is 7.81. The summed E-state index contributed by atoms with van der Waals surface area (Å²) in [5.74, 6) is -0.344. The Labute approximate surface area is 188 Å². The van der Waals surface area contributed by atoms with Crippen molar-refractivity contribution in [3.8, 4) is 5.75 Å². The molecule has 0 bridgehead atoms. The predicted molar refractivity (Wildman–Crippen MR) is 124 cm³/mol. The van der Waals surface area contributed by atoms with Gasteiger partial charge in [-0.3, -0.25) is 0 Å². The van der Waals surface area contributed by atoms with Crippen LogP contribution in [0.2, 0.25) is 0 Å². The van der Waals surface area contributed by atoms with Crippen molar-refractivity contribution in [3.63, 3.8) is 0 Å². The van der Waals surface area contributed by atoms with E-state index in [2.05, 4.69) is 0 Å². The third-order valence-corrected chi connectivity index (χ3v) is 6.75. The lowest BCUT2D eigenvalue weighted by Gasteiger charge is -2.21. The SMILES string of the molecule is CCN(Cc1ccc(OCc2ccccc2)cc1)S(=O)(=O)c1ccc(/C=C/C(=O)O)cc1. The molecule has 3 aromatic carbocycles. The molecule has 0 saturated carbocycles. The van der Waals surface area contributed by atoms with Crippen LogP contribution in [0.1, 0.15) is 23.6 Å². The maximum absolute atomic E-state index is 13.1. The molecule has 0 aliphatic carbocycles.